The fraction of sp³-hybridized carbons (Fsp3) is 0.571. The zero-order valence-corrected chi connectivity index (χ0v) is 10.8. The third kappa shape index (κ3) is 2.01. The van der Waals surface area contributed by atoms with Gasteiger partial charge in [-0.15, -0.1) is 0 Å². The minimum Gasteiger partial charge on any atom is -0.493 e. The molecule has 0 amide bonds. The minimum absolute atomic E-state index is 0.742. The molecule has 0 aliphatic heterocycles. The molecule has 15 heavy (non-hydrogen) atoms. The van der Waals surface area contributed by atoms with Crippen LogP contribution in [-0.4, -0.2) is 6.61 Å². The fourth-order valence-corrected chi connectivity index (χ4v) is 2.25. The third-order valence-electron chi connectivity index (χ3n) is 3.35. The van der Waals surface area contributed by atoms with Crippen molar-refractivity contribution < 1.29 is 4.74 Å². The molecule has 1 rings (SSSR count). The molecule has 1 aromatic rings. The highest BCUT2D eigenvalue weighted by Gasteiger charge is 2.13. The highest BCUT2D eigenvalue weighted by molar-refractivity contribution is 5.53. The monoisotopic (exact) mass is 206 g/mol. The van der Waals surface area contributed by atoms with Gasteiger partial charge in [-0.25, -0.2) is 0 Å². The maximum absolute atomic E-state index is 5.73. The zero-order valence-electron chi connectivity index (χ0n) is 10.8. The quantitative estimate of drug-likeness (QED) is 0.729. The maximum Gasteiger partial charge on any atom is 0.125 e. The summed E-state index contributed by atoms with van der Waals surface area (Å²) in [7, 11) is 0. The molecular weight excluding hydrogens is 184 g/mol. The third-order valence-corrected chi connectivity index (χ3v) is 3.35. The molecule has 0 aromatic heterocycles. The van der Waals surface area contributed by atoms with Gasteiger partial charge in [0, 0.05) is 0 Å². The number of ether oxygens (including phenoxy) is 1. The molecule has 0 spiro atoms. The van der Waals surface area contributed by atoms with Gasteiger partial charge in [0.25, 0.3) is 0 Å². The fourth-order valence-electron chi connectivity index (χ4n) is 2.25. The molecular formula is C14H22O. The summed E-state index contributed by atoms with van der Waals surface area (Å²) in [5, 5.41) is 0. The van der Waals surface area contributed by atoms with Crippen LogP contribution in [0.25, 0.3) is 0 Å². The second-order valence-corrected chi connectivity index (χ2v) is 4.09. The Labute approximate surface area is 93.5 Å². The largest absolute Gasteiger partial charge is 0.493 e. The number of benzene rings is 1. The van der Waals surface area contributed by atoms with E-state index in [4.69, 9.17) is 4.74 Å². The van der Waals surface area contributed by atoms with Crippen molar-refractivity contribution in [1.82, 2.24) is 0 Å². The number of hydrogen-bond donors (Lipinski definition) is 0. The van der Waals surface area contributed by atoms with Crippen LogP contribution < -0.4 is 4.74 Å². The topological polar surface area (TPSA) is 9.23 Å². The van der Waals surface area contributed by atoms with E-state index in [9.17, 15) is 0 Å². The highest BCUT2D eigenvalue weighted by Crippen LogP contribution is 2.32. The van der Waals surface area contributed by atoms with Gasteiger partial charge in [0.15, 0.2) is 0 Å². The van der Waals surface area contributed by atoms with Crippen LogP contribution in [0.15, 0.2) is 0 Å². The van der Waals surface area contributed by atoms with Crippen molar-refractivity contribution >= 4 is 0 Å². The van der Waals surface area contributed by atoms with Crippen molar-refractivity contribution in [3.05, 3.63) is 27.8 Å². The SMILES string of the molecule is CCOc1c(C)c(C)c(CC)c(C)c1C. The van der Waals surface area contributed by atoms with Gasteiger partial charge in [-0.1, -0.05) is 6.92 Å². The van der Waals surface area contributed by atoms with E-state index in [1.807, 2.05) is 6.92 Å². The van der Waals surface area contributed by atoms with Gasteiger partial charge < -0.3 is 4.74 Å². The van der Waals surface area contributed by atoms with E-state index in [2.05, 4.69) is 34.6 Å². The van der Waals surface area contributed by atoms with Gasteiger partial charge >= 0.3 is 0 Å². The lowest BCUT2D eigenvalue weighted by Crippen LogP contribution is -2.04. The van der Waals surface area contributed by atoms with Crippen LogP contribution in [0, 0.1) is 27.7 Å². The van der Waals surface area contributed by atoms with Crippen molar-refractivity contribution in [3.63, 3.8) is 0 Å². The van der Waals surface area contributed by atoms with Crippen molar-refractivity contribution in [1.29, 1.82) is 0 Å². The van der Waals surface area contributed by atoms with Crippen LogP contribution in [0.2, 0.25) is 0 Å². The summed E-state index contributed by atoms with van der Waals surface area (Å²) in [6, 6.07) is 0. The summed E-state index contributed by atoms with van der Waals surface area (Å²) < 4.78 is 5.73. The maximum atomic E-state index is 5.73. The zero-order chi connectivity index (χ0) is 11.6. The van der Waals surface area contributed by atoms with Crippen LogP contribution in [0.1, 0.15) is 41.7 Å². The Balaban J connectivity index is 3.44. The van der Waals surface area contributed by atoms with Crippen LogP contribution in [0.4, 0.5) is 0 Å². The molecule has 84 valence electrons. The van der Waals surface area contributed by atoms with Gasteiger partial charge in [-0.3, -0.25) is 0 Å². The van der Waals surface area contributed by atoms with E-state index in [0.29, 0.717) is 0 Å². The molecule has 0 aliphatic rings. The van der Waals surface area contributed by atoms with Gasteiger partial charge in [-0.2, -0.15) is 0 Å². The Morgan fingerprint density at radius 3 is 1.60 bits per heavy atom. The smallest absolute Gasteiger partial charge is 0.125 e. The standard InChI is InChI=1S/C14H22O/c1-7-13-9(3)11(5)14(15-8-2)12(6)10(13)4/h7-8H2,1-6H3. The van der Waals surface area contributed by atoms with Crippen molar-refractivity contribution in [2.45, 2.75) is 48.0 Å². The molecule has 0 unspecified atom stereocenters. The molecule has 0 saturated heterocycles. The Morgan fingerprint density at radius 1 is 0.800 bits per heavy atom. The van der Waals surface area contributed by atoms with E-state index in [-0.39, 0.29) is 0 Å². The van der Waals surface area contributed by atoms with Gasteiger partial charge in [0.2, 0.25) is 0 Å². The number of rotatable bonds is 3. The molecule has 0 N–H and O–H groups in total. The molecule has 0 fully saturated rings. The number of hydrogen-bond acceptors (Lipinski definition) is 1. The average molecular weight is 206 g/mol. The first-order valence-corrected chi connectivity index (χ1v) is 5.76. The van der Waals surface area contributed by atoms with Gasteiger partial charge in [-0.05, 0) is 68.9 Å². The van der Waals surface area contributed by atoms with Crippen LogP contribution in [0.5, 0.6) is 5.75 Å². The normalized spacial score (nSPS) is 10.5. The van der Waals surface area contributed by atoms with E-state index in [1.165, 1.54) is 27.8 Å². The molecule has 1 nitrogen and oxygen atoms in total. The molecule has 0 saturated carbocycles. The Bertz CT molecular complexity index is 335. The lowest BCUT2D eigenvalue weighted by Gasteiger charge is -2.19. The molecule has 0 radical (unpaired) electrons. The van der Waals surface area contributed by atoms with E-state index in [1.54, 1.807) is 0 Å². The summed E-state index contributed by atoms with van der Waals surface area (Å²) in [6.45, 7) is 13.7. The van der Waals surface area contributed by atoms with Crippen LogP contribution >= 0.6 is 0 Å². The molecule has 0 heterocycles. The Kier molecular flexibility index (Phi) is 3.78. The van der Waals surface area contributed by atoms with E-state index in [0.717, 1.165) is 18.8 Å². The van der Waals surface area contributed by atoms with Crippen molar-refractivity contribution in [2.24, 2.45) is 0 Å². The average Bonchev–Trinajstić information content (AvgIpc) is 2.23. The summed E-state index contributed by atoms with van der Waals surface area (Å²) in [4.78, 5) is 0. The summed E-state index contributed by atoms with van der Waals surface area (Å²) >= 11 is 0. The first-order chi connectivity index (χ1) is 7.04. The molecule has 1 aromatic carbocycles. The predicted octanol–water partition coefficient (Wildman–Crippen LogP) is 3.88. The first kappa shape index (κ1) is 12.1. The lowest BCUT2D eigenvalue weighted by molar-refractivity contribution is 0.335. The summed E-state index contributed by atoms with van der Waals surface area (Å²) in [5.41, 5.74) is 6.87. The Morgan fingerprint density at radius 2 is 1.27 bits per heavy atom. The Hall–Kier alpha value is -0.980. The minimum atomic E-state index is 0.742. The molecule has 0 atom stereocenters. The van der Waals surface area contributed by atoms with Crippen molar-refractivity contribution in [2.75, 3.05) is 6.61 Å². The molecule has 0 aliphatic carbocycles. The molecule has 0 bridgehead atoms. The highest BCUT2D eigenvalue weighted by atomic mass is 16.5. The van der Waals surface area contributed by atoms with Crippen LogP contribution in [0.3, 0.4) is 0 Å². The van der Waals surface area contributed by atoms with E-state index < -0.39 is 0 Å². The van der Waals surface area contributed by atoms with Gasteiger partial charge in [0.05, 0.1) is 6.61 Å². The van der Waals surface area contributed by atoms with Crippen molar-refractivity contribution in [3.8, 4) is 5.75 Å². The summed E-state index contributed by atoms with van der Waals surface area (Å²) in [5.74, 6) is 1.09. The second kappa shape index (κ2) is 4.69. The first-order valence-electron chi connectivity index (χ1n) is 5.76. The van der Waals surface area contributed by atoms with Crippen LogP contribution in [-0.2, 0) is 6.42 Å². The lowest BCUT2D eigenvalue weighted by atomic mass is 9.91. The predicted molar refractivity (Wildman–Crippen MR) is 65.9 cm³/mol. The molecule has 1 heteroatoms. The van der Waals surface area contributed by atoms with Gasteiger partial charge in [0.1, 0.15) is 5.75 Å². The van der Waals surface area contributed by atoms with E-state index >= 15 is 0 Å². The second-order valence-electron chi connectivity index (χ2n) is 4.09. The summed E-state index contributed by atoms with van der Waals surface area (Å²) in [6.07, 6.45) is 1.10.